The van der Waals surface area contributed by atoms with Crippen LogP contribution in [-0.4, -0.2) is 37.0 Å². The number of carbonyl (C=O) groups excluding carboxylic acids is 2. The quantitative estimate of drug-likeness (QED) is 0.142. The Morgan fingerprint density at radius 1 is 0.771 bits per heavy atom. The highest BCUT2D eigenvalue weighted by molar-refractivity contribution is 5.97. The van der Waals surface area contributed by atoms with Crippen LogP contribution in [0.25, 0.3) is 0 Å². The van der Waals surface area contributed by atoms with Crippen LogP contribution in [0.5, 0.6) is 0 Å². The number of carbonyl (C=O) groups is 2. The summed E-state index contributed by atoms with van der Waals surface area (Å²) in [5.41, 5.74) is -1.49. The summed E-state index contributed by atoms with van der Waals surface area (Å²) in [5, 5.41) is 0. The molecule has 0 unspecified atom stereocenters. The summed E-state index contributed by atoms with van der Waals surface area (Å²) in [4.78, 5) is 25.3. The number of halogens is 3. The van der Waals surface area contributed by atoms with E-state index in [4.69, 9.17) is 4.74 Å². The Kier molecular flexibility index (Phi) is 16.2. The van der Waals surface area contributed by atoms with Gasteiger partial charge in [0.05, 0.1) is 17.7 Å². The van der Waals surface area contributed by atoms with E-state index in [0.717, 1.165) is 36.3 Å². The van der Waals surface area contributed by atoms with E-state index in [1.165, 1.54) is 96.2 Å². The molecule has 0 heterocycles. The lowest BCUT2D eigenvalue weighted by Crippen LogP contribution is -2.34. The minimum absolute atomic E-state index is 0.262. The molecule has 0 N–H and O–H groups in total. The van der Waals surface area contributed by atoms with Crippen LogP contribution in [0.15, 0.2) is 24.3 Å². The Morgan fingerprint density at radius 3 is 1.71 bits per heavy atom. The van der Waals surface area contributed by atoms with Crippen LogP contribution in [0.3, 0.4) is 0 Å². The molecule has 0 bridgehead atoms. The maximum absolute atomic E-state index is 13.1. The topological polar surface area (TPSA) is 46.6 Å². The standard InChI is InChI=1S/C28H44F3NO3/c1-3-4-5-6-7-8-9-10-11-12-13-14-15-16-19-22-35-26(33)23-32(2)27(34)24-20-17-18-21-25(24)28(29,30)31/h17-18,20-21H,3-16,19,22-23H2,1-2H3. The first-order chi connectivity index (χ1) is 16.8. The van der Waals surface area contributed by atoms with E-state index in [1.807, 2.05) is 0 Å². The van der Waals surface area contributed by atoms with E-state index in [1.54, 1.807) is 0 Å². The van der Waals surface area contributed by atoms with E-state index in [-0.39, 0.29) is 13.2 Å². The van der Waals surface area contributed by atoms with Gasteiger partial charge in [-0.3, -0.25) is 9.59 Å². The Labute approximate surface area is 209 Å². The Bertz CT molecular complexity index is 722. The van der Waals surface area contributed by atoms with Crippen molar-refractivity contribution in [3.05, 3.63) is 35.4 Å². The molecule has 0 aliphatic carbocycles. The largest absolute Gasteiger partial charge is 0.464 e. The number of likely N-dealkylation sites (N-methyl/N-ethyl adjacent to an activating group) is 1. The SMILES string of the molecule is CCCCCCCCCCCCCCCCCOC(=O)CN(C)C(=O)c1ccccc1C(F)(F)F. The van der Waals surface area contributed by atoms with Crippen molar-refractivity contribution in [2.45, 2.75) is 109 Å². The molecule has 200 valence electrons. The normalized spacial score (nSPS) is 11.5. The van der Waals surface area contributed by atoms with Crippen molar-refractivity contribution in [2.24, 2.45) is 0 Å². The average Bonchev–Trinajstić information content (AvgIpc) is 2.82. The molecule has 0 saturated carbocycles. The Morgan fingerprint density at radius 2 is 1.23 bits per heavy atom. The molecule has 0 atom stereocenters. The van der Waals surface area contributed by atoms with Crippen LogP contribution >= 0.6 is 0 Å². The van der Waals surface area contributed by atoms with Gasteiger partial charge in [-0.2, -0.15) is 13.2 Å². The fourth-order valence-corrected chi connectivity index (χ4v) is 4.09. The van der Waals surface area contributed by atoms with Gasteiger partial charge in [0.25, 0.3) is 5.91 Å². The van der Waals surface area contributed by atoms with Crippen molar-refractivity contribution >= 4 is 11.9 Å². The molecular formula is C28H44F3NO3. The lowest BCUT2D eigenvalue weighted by atomic mass is 10.0. The number of unbranched alkanes of at least 4 members (excludes halogenated alkanes) is 14. The summed E-state index contributed by atoms with van der Waals surface area (Å²) in [7, 11) is 1.30. The fraction of sp³-hybridized carbons (Fsp3) is 0.714. The molecule has 0 fully saturated rings. The Hall–Kier alpha value is -2.05. The van der Waals surface area contributed by atoms with Crippen LogP contribution in [0.2, 0.25) is 0 Å². The maximum Gasteiger partial charge on any atom is 0.417 e. The van der Waals surface area contributed by atoms with Gasteiger partial charge in [-0.25, -0.2) is 0 Å². The lowest BCUT2D eigenvalue weighted by Gasteiger charge is -2.19. The molecule has 1 amide bonds. The van der Waals surface area contributed by atoms with Crippen LogP contribution < -0.4 is 0 Å². The summed E-state index contributed by atoms with van der Waals surface area (Å²) in [6.45, 7) is 2.12. The number of hydrogen-bond acceptors (Lipinski definition) is 3. The van der Waals surface area contributed by atoms with Gasteiger partial charge in [-0.1, -0.05) is 109 Å². The summed E-state index contributed by atoms with van der Waals surface area (Å²) in [5.74, 6) is -1.47. The van der Waals surface area contributed by atoms with Crippen molar-refractivity contribution in [1.82, 2.24) is 4.90 Å². The van der Waals surface area contributed by atoms with E-state index < -0.39 is 29.2 Å². The zero-order valence-corrected chi connectivity index (χ0v) is 21.6. The van der Waals surface area contributed by atoms with Crippen molar-refractivity contribution in [3.8, 4) is 0 Å². The summed E-state index contributed by atoms with van der Waals surface area (Å²) < 4.78 is 44.5. The fourth-order valence-electron chi connectivity index (χ4n) is 4.09. The van der Waals surface area contributed by atoms with Gasteiger partial charge in [0.1, 0.15) is 6.54 Å². The molecular weight excluding hydrogens is 455 g/mol. The monoisotopic (exact) mass is 499 g/mol. The van der Waals surface area contributed by atoms with Crippen LogP contribution in [0, 0.1) is 0 Å². The molecule has 1 aromatic rings. The van der Waals surface area contributed by atoms with Crippen LogP contribution in [0.4, 0.5) is 13.2 Å². The third-order valence-corrected chi connectivity index (χ3v) is 6.19. The molecule has 1 aromatic carbocycles. The van der Waals surface area contributed by atoms with E-state index in [0.29, 0.717) is 0 Å². The predicted octanol–water partition coefficient (Wildman–Crippen LogP) is 8.19. The second-order valence-corrected chi connectivity index (χ2v) is 9.37. The van der Waals surface area contributed by atoms with E-state index in [9.17, 15) is 22.8 Å². The van der Waals surface area contributed by atoms with Crippen molar-refractivity contribution in [3.63, 3.8) is 0 Å². The van der Waals surface area contributed by atoms with Gasteiger partial charge in [-0.15, -0.1) is 0 Å². The van der Waals surface area contributed by atoms with Gasteiger partial charge >= 0.3 is 12.1 Å². The molecule has 1 rings (SSSR count). The summed E-state index contributed by atoms with van der Waals surface area (Å²) >= 11 is 0. The number of amides is 1. The molecule has 0 aliphatic heterocycles. The first kappa shape index (κ1) is 31.0. The molecule has 0 aliphatic rings. The average molecular weight is 500 g/mol. The summed E-state index contributed by atoms with van der Waals surface area (Å²) in [6, 6.07) is 4.56. The van der Waals surface area contributed by atoms with E-state index >= 15 is 0 Å². The van der Waals surface area contributed by atoms with Gasteiger partial charge < -0.3 is 9.64 Å². The first-order valence-electron chi connectivity index (χ1n) is 13.3. The third kappa shape index (κ3) is 14.2. The highest BCUT2D eigenvalue weighted by Crippen LogP contribution is 2.32. The van der Waals surface area contributed by atoms with Gasteiger partial charge in [-0.05, 0) is 18.6 Å². The van der Waals surface area contributed by atoms with Gasteiger partial charge in [0.2, 0.25) is 0 Å². The molecule has 7 heteroatoms. The van der Waals surface area contributed by atoms with Gasteiger partial charge in [0.15, 0.2) is 0 Å². The molecule has 4 nitrogen and oxygen atoms in total. The number of benzene rings is 1. The molecule has 0 radical (unpaired) electrons. The van der Waals surface area contributed by atoms with Crippen molar-refractivity contribution < 1.29 is 27.5 Å². The van der Waals surface area contributed by atoms with Crippen molar-refractivity contribution in [2.75, 3.05) is 20.2 Å². The zero-order chi connectivity index (χ0) is 25.9. The molecule has 0 saturated heterocycles. The number of rotatable bonds is 19. The zero-order valence-electron chi connectivity index (χ0n) is 21.6. The second kappa shape index (κ2) is 18.3. The van der Waals surface area contributed by atoms with Crippen LogP contribution in [-0.2, 0) is 15.7 Å². The molecule has 35 heavy (non-hydrogen) atoms. The first-order valence-corrected chi connectivity index (χ1v) is 13.3. The number of alkyl halides is 3. The second-order valence-electron chi connectivity index (χ2n) is 9.37. The van der Waals surface area contributed by atoms with E-state index in [2.05, 4.69) is 6.92 Å². The minimum atomic E-state index is -4.64. The number of esters is 1. The predicted molar refractivity (Wildman–Crippen MR) is 134 cm³/mol. The lowest BCUT2D eigenvalue weighted by molar-refractivity contribution is -0.144. The summed E-state index contributed by atoms with van der Waals surface area (Å²) in [6.07, 6.45) is 14.1. The van der Waals surface area contributed by atoms with Crippen LogP contribution in [0.1, 0.15) is 119 Å². The smallest absolute Gasteiger partial charge is 0.417 e. The third-order valence-electron chi connectivity index (χ3n) is 6.19. The molecule has 0 spiro atoms. The minimum Gasteiger partial charge on any atom is -0.464 e. The van der Waals surface area contributed by atoms with Gasteiger partial charge in [0, 0.05) is 7.05 Å². The molecule has 0 aromatic heterocycles. The maximum atomic E-state index is 13.1. The number of hydrogen-bond donors (Lipinski definition) is 0. The number of nitrogens with zero attached hydrogens (tertiary/aromatic N) is 1. The number of ether oxygens (including phenoxy) is 1. The van der Waals surface area contributed by atoms with Crippen molar-refractivity contribution in [1.29, 1.82) is 0 Å². The highest BCUT2D eigenvalue weighted by Gasteiger charge is 2.35. The highest BCUT2D eigenvalue weighted by atomic mass is 19.4. The Balaban J connectivity index is 2.05.